The molecule has 242 valence electrons. The summed E-state index contributed by atoms with van der Waals surface area (Å²) in [6.45, 7) is 0. The zero-order valence-electron chi connectivity index (χ0n) is 28.7. The van der Waals surface area contributed by atoms with Crippen LogP contribution in [0.2, 0.25) is 0 Å². The second-order valence-electron chi connectivity index (χ2n) is 14.4. The molecule has 52 heavy (non-hydrogen) atoms. The summed E-state index contributed by atoms with van der Waals surface area (Å²) in [5.74, 6) is 0. The van der Waals surface area contributed by atoms with E-state index in [1.54, 1.807) is 0 Å². The molecule has 0 heteroatoms. The van der Waals surface area contributed by atoms with E-state index in [1.165, 1.54) is 109 Å². The molecular formula is C52H34. The van der Waals surface area contributed by atoms with Crippen LogP contribution < -0.4 is 0 Å². The molecule has 0 atom stereocenters. The second-order valence-corrected chi connectivity index (χ2v) is 14.4. The Morgan fingerprint density at radius 2 is 0.750 bits per heavy atom. The molecule has 0 unspecified atom stereocenters. The van der Waals surface area contributed by atoms with Crippen LogP contribution in [0.15, 0.2) is 176 Å². The van der Waals surface area contributed by atoms with Gasteiger partial charge in [-0.3, -0.25) is 0 Å². The number of allylic oxidation sites excluding steroid dienone is 1. The molecule has 0 bridgehead atoms. The fourth-order valence-corrected chi connectivity index (χ4v) is 8.75. The molecular weight excluding hydrogens is 625 g/mol. The summed E-state index contributed by atoms with van der Waals surface area (Å²) >= 11 is 0. The summed E-state index contributed by atoms with van der Waals surface area (Å²) in [5, 5.41) is 15.4. The fourth-order valence-electron chi connectivity index (χ4n) is 8.75. The molecule has 0 fully saturated rings. The highest BCUT2D eigenvalue weighted by Crippen LogP contribution is 2.39. The lowest BCUT2D eigenvalue weighted by Gasteiger charge is -2.13. The number of aryl methyl sites for hydroxylation is 1. The highest BCUT2D eigenvalue weighted by atomic mass is 14.2. The van der Waals surface area contributed by atoms with Crippen LogP contribution in [0.5, 0.6) is 0 Å². The van der Waals surface area contributed by atoms with Crippen LogP contribution in [0.1, 0.15) is 17.5 Å². The van der Waals surface area contributed by atoms with Gasteiger partial charge >= 0.3 is 0 Å². The number of hydrogen-bond acceptors (Lipinski definition) is 0. The van der Waals surface area contributed by atoms with Gasteiger partial charge in [-0.25, -0.2) is 0 Å². The van der Waals surface area contributed by atoms with Crippen LogP contribution in [0.25, 0.3) is 104 Å². The molecule has 0 radical (unpaired) electrons. The van der Waals surface area contributed by atoms with Crippen molar-refractivity contribution >= 4 is 70.7 Å². The minimum absolute atomic E-state index is 1.14. The molecule has 1 aliphatic carbocycles. The lowest BCUT2D eigenvalue weighted by atomic mass is 9.91. The molecule has 0 aliphatic heterocycles. The van der Waals surface area contributed by atoms with Gasteiger partial charge in [0.25, 0.3) is 0 Å². The first kappa shape index (κ1) is 29.3. The average molecular weight is 659 g/mol. The normalized spacial score (nSPS) is 12.8. The van der Waals surface area contributed by atoms with Crippen molar-refractivity contribution < 1.29 is 0 Å². The van der Waals surface area contributed by atoms with E-state index in [0.717, 1.165) is 12.8 Å². The number of fused-ring (bicyclic) bond motifs is 10. The van der Waals surface area contributed by atoms with Gasteiger partial charge in [0.2, 0.25) is 0 Å². The van der Waals surface area contributed by atoms with Gasteiger partial charge in [0, 0.05) is 0 Å². The summed E-state index contributed by atoms with van der Waals surface area (Å²) < 4.78 is 0. The van der Waals surface area contributed by atoms with Crippen molar-refractivity contribution in [1.82, 2.24) is 0 Å². The van der Waals surface area contributed by atoms with Gasteiger partial charge in [0.1, 0.15) is 0 Å². The monoisotopic (exact) mass is 658 g/mol. The van der Waals surface area contributed by atoms with E-state index in [4.69, 9.17) is 0 Å². The Bertz CT molecular complexity index is 3120. The number of hydrogen-bond donors (Lipinski definition) is 0. The van der Waals surface area contributed by atoms with Crippen LogP contribution in [-0.2, 0) is 6.42 Å². The fraction of sp³-hybridized carbons (Fsp3) is 0.0385. The molecule has 1 aliphatic rings. The van der Waals surface area contributed by atoms with Crippen molar-refractivity contribution in [2.24, 2.45) is 0 Å². The van der Waals surface area contributed by atoms with E-state index < -0.39 is 0 Å². The van der Waals surface area contributed by atoms with Crippen molar-refractivity contribution in [1.29, 1.82) is 0 Å². The van der Waals surface area contributed by atoms with Crippen molar-refractivity contribution in [3.05, 3.63) is 187 Å². The zero-order valence-corrected chi connectivity index (χ0v) is 28.7. The van der Waals surface area contributed by atoms with E-state index >= 15 is 0 Å². The van der Waals surface area contributed by atoms with Gasteiger partial charge in [0.15, 0.2) is 0 Å². The average Bonchev–Trinajstić information content (AvgIpc) is 3.22. The number of rotatable bonds is 3. The van der Waals surface area contributed by atoms with Gasteiger partial charge in [-0.15, -0.1) is 0 Å². The SMILES string of the molecule is C1=Cc2cc(-c3ccc4c(ccc5cc(-c6ccc7c(ccc8cc(-c9cc%10ccccc%10c%10ccccc9%10)ccc87)c6)ccc54)c3)ccc2CC1. The molecule has 0 heterocycles. The smallest absolute Gasteiger partial charge is 0.00988 e. The van der Waals surface area contributed by atoms with Gasteiger partial charge < -0.3 is 0 Å². The molecule has 10 aromatic rings. The third kappa shape index (κ3) is 4.69. The second kappa shape index (κ2) is 11.5. The standard InChI is InChI=1S/C52H34/c1-2-8-34-27-35(14-13-33(34)7-1)36-19-23-46-40(28-36)15-16-41-29-37(20-24-47(41)46)38-21-25-48-42(30-38)17-18-43-31-44(22-26-49(43)48)52-32-39-9-3-4-10-45(39)50-11-5-6-12-51(50)52/h2-6,8-32H,1,7H2. The van der Waals surface area contributed by atoms with Crippen molar-refractivity contribution in [2.45, 2.75) is 12.8 Å². The van der Waals surface area contributed by atoms with E-state index in [2.05, 4.69) is 182 Å². The van der Waals surface area contributed by atoms with Gasteiger partial charge in [-0.05, 0) is 158 Å². The first-order valence-electron chi connectivity index (χ1n) is 18.4. The number of benzene rings is 10. The minimum atomic E-state index is 1.14. The summed E-state index contributed by atoms with van der Waals surface area (Å²) in [6.07, 6.45) is 6.84. The lowest BCUT2D eigenvalue weighted by Crippen LogP contribution is -1.94. The van der Waals surface area contributed by atoms with Crippen molar-refractivity contribution in [3.8, 4) is 33.4 Å². The van der Waals surface area contributed by atoms with Crippen molar-refractivity contribution in [2.75, 3.05) is 0 Å². The van der Waals surface area contributed by atoms with Crippen LogP contribution in [0.3, 0.4) is 0 Å². The molecule has 0 nitrogen and oxygen atoms in total. The maximum Gasteiger partial charge on any atom is -0.00988 e. The van der Waals surface area contributed by atoms with Gasteiger partial charge in [-0.2, -0.15) is 0 Å². The maximum absolute atomic E-state index is 2.36. The highest BCUT2D eigenvalue weighted by molar-refractivity contribution is 6.15. The van der Waals surface area contributed by atoms with E-state index in [0.29, 0.717) is 0 Å². The summed E-state index contributed by atoms with van der Waals surface area (Å²) in [6, 6.07) is 63.7. The van der Waals surface area contributed by atoms with Crippen LogP contribution in [-0.4, -0.2) is 0 Å². The predicted octanol–water partition coefficient (Wildman–Crippen LogP) is 14.6. The Morgan fingerprint density at radius 3 is 1.37 bits per heavy atom. The van der Waals surface area contributed by atoms with E-state index in [1.807, 2.05) is 0 Å². The minimum Gasteiger partial charge on any atom is -0.0836 e. The highest BCUT2D eigenvalue weighted by Gasteiger charge is 2.12. The summed E-state index contributed by atoms with van der Waals surface area (Å²) in [4.78, 5) is 0. The molecule has 0 saturated heterocycles. The van der Waals surface area contributed by atoms with E-state index in [-0.39, 0.29) is 0 Å². The Hall–Kier alpha value is -6.50. The molecule has 10 aromatic carbocycles. The molecule has 0 spiro atoms. The summed E-state index contributed by atoms with van der Waals surface area (Å²) in [5.41, 5.74) is 10.4. The van der Waals surface area contributed by atoms with E-state index in [9.17, 15) is 0 Å². The lowest BCUT2D eigenvalue weighted by molar-refractivity contribution is 0.986. The van der Waals surface area contributed by atoms with Gasteiger partial charge in [0.05, 0.1) is 0 Å². The first-order chi connectivity index (χ1) is 25.7. The Balaban J connectivity index is 0.942. The third-order valence-electron chi connectivity index (χ3n) is 11.4. The quantitative estimate of drug-likeness (QED) is 0.166. The van der Waals surface area contributed by atoms with Gasteiger partial charge in [-0.1, -0.05) is 146 Å². The Kier molecular flexibility index (Phi) is 6.48. The van der Waals surface area contributed by atoms with Crippen LogP contribution in [0, 0.1) is 0 Å². The molecule has 11 rings (SSSR count). The van der Waals surface area contributed by atoms with Crippen LogP contribution in [0.4, 0.5) is 0 Å². The molecule has 0 N–H and O–H groups in total. The Morgan fingerprint density at radius 1 is 0.308 bits per heavy atom. The van der Waals surface area contributed by atoms with Crippen molar-refractivity contribution in [3.63, 3.8) is 0 Å². The Labute approximate surface area is 302 Å². The third-order valence-corrected chi connectivity index (χ3v) is 11.4. The van der Waals surface area contributed by atoms with Crippen LogP contribution >= 0.6 is 0 Å². The first-order valence-corrected chi connectivity index (χ1v) is 18.4. The molecule has 0 aromatic heterocycles. The predicted molar refractivity (Wildman–Crippen MR) is 225 cm³/mol. The zero-order chi connectivity index (χ0) is 34.2. The summed E-state index contributed by atoms with van der Waals surface area (Å²) in [7, 11) is 0. The molecule has 0 saturated carbocycles. The molecule has 0 amide bonds. The topological polar surface area (TPSA) is 0 Å². The largest absolute Gasteiger partial charge is 0.0836 e. The maximum atomic E-state index is 2.36.